The molecule has 0 aliphatic carbocycles. The molecule has 0 bridgehead atoms. The van der Waals surface area contributed by atoms with Gasteiger partial charge in [0.15, 0.2) is 6.04 Å². The van der Waals surface area contributed by atoms with Crippen LogP contribution in [0.25, 0.3) is 5.76 Å². The molecule has 6 nitrogen and oxygen atoms in total. The summed E-state index contributed by atoms with van der Waals surface area (Å²) in [5.74, 6) is -3.00. The van der Waals surface area contributed by atoms with Crippen molar-refractivity contribution in [2.24, 2.45) is 0 Å². The third kappa shape index (κ3) is 3.17. The maximum Gasteiger partial charge on any atom is 0.333 e. The van der Waals surface area contributed by atoms with E-state index in [1.165, 1.54) is 7.11 Å². The van der Waals surface area contributed by atoms with Crippen LogP contribution >= 0.6 is 0 Å². The number of carbonyl (C=O) groups excluding carboxylic acids is 3. The Bertz CT molecular complexity index is 1000. The summed E-state index contributed by atoms with van der Waals surface area (Å²) in [4.78, 5) is 39.2. The number of anilines is 1. The number of Topliss-reactive ketones (excluding diaryl/α,β-unsaturated/α-hetero) is 1. The number of esters is 1. The van der Waals surface area contributed by atoms with Crippen LogP contribution in [0.1, 0.15) is 22.3 Å². The number of rotatable bonds is 3. The molecule has 0 saturated carbocycles. The molecule has 1 N–H and O–H groups in total. The zero-order valence-corrected chi connectivity index (χ0v) is 16.1. The first-order valence-electron chi connectivity index (χ1n) is 8.79. The highest BCUT2D eigenvalue weighted by Gasteiger charge is 2.50. The minimum absolute atomic E-state index is 0.277. The lowest BCUT2D eigenvalue weighted by Crippen LogP contribution is -2.41. The molecule has 3 rings (SSSR count). The molecular weight excluding hydrogens is 358 g/mol. The molecule has 1 atom stereocenters. The van der Waals surface area contributed by atoms with Gasteiger partial charge in [-0.15, -0.1) is 0 Å². The van der Waals surface area contributed by atoms with Crippen molar-refractivity contribution in [1.82, 2.24) is 0 Å². The first-order chi connectivity index (χ1) is 13.3. The van der Waals surface area contributed by atoms with Crippen molar-refractivity contribution in [3.63, 3.8) is 0 Å². The predicted octanol–water partition coefficient (Wildman–Crippen LogP) is 3.04. The van der Waals surface area contributed by atoms with Gasteiger partial charge in [-0.2, -0.15) is 0 Å². The summed E-state index contributed by atoms with van der Waals surface area (Å²) in [6.45, 7) is 5.58. The molecule has 28 heavy (non-hydrogen) atoms. The summed E-state index contributed by atoms with van der Waals surface area (Å²) < 4.78 is 4.85. The summed E-state index contributed by atoms with van der Waals surface area (Å²) in [5.41, 5.74) is 3.17. The summed E-state index contributed by atoms with van der Waals surface area (Å²) in [6.07, 6.45) is 0. The average Bonchev–Trinajstić information content (AvgIpc) is 2.92. The molecule has 0 radical (unpaired) electrons. The molecular formula is C22H21NO5. The number of aryl methyl sites for hydroxylation is 3. The smallest absolute Gasteiger partial charge is 0.333 e. The van der Waals surface area contributed by atoms with Crippen LogP contribution in [0.3, 0.4) is 0 Å². The summed E-state index contributed by atoms with van der Waals surface area (Å²) >= 11 is 0. The molecule has 6 heteroatoms. The van der Waals surface area contributed by atoms with E-state index in [2.05, 4.69) is 0 Å². The lowest BCUT2D eigenvalue weighted by Gasteiger charge is -2.24. The Balaban J connectivity index is 2.22. The maximum atomic E-state index is 12.8. The van der Waals surface area contributed by atoms with Crippen LogP contribution in [0.4, 0.5) is 5.69 Å². The van der Waals surface area contributed by atoms with E-state index >= 15 is 0 Å². The Morgan fingerprint density at radius 1 is 1.00 bits per heavy atom. The second-order valence-corrected chi connectivity index (χ2v) is 6.85. The van der Waals surface area contributed by atoms with Crippen molar-refractivity contribution in [2.75, 3.05) is 12.0 Å². The fourth-order valence-corrected chi connectivity index (χ4v) is 3.36. The molecule has 1 amide bonds. The third-order valence-corrected chi connectivity index (χ3v) is 4.81. The van der Waals surface area contributed by atoms with Crippen LogP contribution in [-0.4, -0.2) is 35.9 Å². The van der Waals surface area contributed by atoms with Gasteiger partial charge < -0.3 is 9.84 Å². The minimum atomic E-state index is -1.35. The molecule has 1 unspecified atom stereocenters. The quantitative estimate of drug-likeness (QED) is 0.384. The summed E-state index contributed by atoms with van der Waals surface area (Å²) in [6, 6.07) is 10.8. The van der Waals surface area contributed by atoms with Crippen LogP contribution in [-0.2, 0) is 19.1 Å². The number of nitrogens with zero attached hydrogens (tertiary/aromatic N) is 1. The van der Waals surface area contributed by atoms with Crippen LogP contribution < -0.4 is 4.90 Å². The van der Waals surface area contributed by atoms with Crippen molar-refractivity contribution < 1.29 is 24.2 Å². The molecule has 2 aromatic carbocycles. The molecule has 1 aliphatic heterocycles. The number of amides is 1. The fraction of sp³-hybridized carbons (Fsp3) is 0.227. The van der Waals surface area contributed by atoms with E-state index < -0.39 is 29.5 Å². The highest BCUT2D eigenvalue weighted by molar-refractivity contribution is 6.53. The van der Waals surface area contributed by atoms with E-state index in [1.54, 1.807) is 43.3 Å². The minimum Gasteiger partial charge on any atom is -0.507 e. The van der Waals surface area contributed by atoms with Gasteiger partial charge in [-0.05, 0) is 32.4 Å². The number of ketones is 1. The molecule has 2 aromatic rings. The number of methoxy groups -OCH3 is 1. The summed E-state index contributed by atoms with van der Waals surface area (Å²) in [5, 5.41) is 10.8. The molecule has 1 aliphatic rings. The first kappa shape index (κ1) is 19.4. The Morgan fingerprint density at radius 3 is 2.18 bits per heavy atom. The van der Waals surface area contributed by atoms with E-state index in [1.807, 2.05) is 19.9 Å². The maximum absolute atomic E-state index is 12.8. The largest absolute Gasteiger partial charge is 0.507 e. The van der Waals surface area contributed by atoms with Crippen molar-refractivity contribution >= 4 is 29.1 Å². The van der Waals surface area contributed by atoms with Gasteiger partial charge in [-0.3, -0.25) is 14.5 Å². The lowest BCUT2D eigenvalue weighted by molar-refractivity contribution is -0.141. The second-order valence-electron chi connectivity index (χ2n) is 6.85. The van der Waals surface area contributed by atoms with Gasteiger partial charge in [0.1, 0.15) is 5.76 Å². The number of aliphatic hydroxyl groups is 1. The molecule has 0 spiro atoms. The van der Waals surface area contributed by atoms with Gasteiger partial charge in [0.2, 0.25) is 0 Å². The van der Waals surface area contributed by atoms with Crippen molar-refractivity contribution in [3.8, 4) is 0 Å². The third-order valence-electron chi connectivity index (χ3n) is 4.81. The fourth-order valence-electron chi connectivity index (χ4n) is 3.36. The van der Waals surface area contributed by atoms with Gasteiger partial charge >= 0.3 is 5.97 Å². The highest BCUT2D eigenvalue weighted by atomic mass is 16.5. The van der Waals surface area contributed by atoms with Gasteiger partial charge in [-0.25, -0.2) is 4.79 Å². The second kappa shape index (κ2) is 7.31. The monoisotopic (exact) mass is 379 g/mol. The van der Waals surface area contributed by atoms with E-state index in [9.17, 15) is 19.5 Å². The highest BCUT2D eigenvalue weighted by Crippen LogP contribution is 2.35. The number of hydrogen-bond donors (Lipinski definition) is 1. The van der Waals surface area contributed by atoms with Crippen LogP contribution in [0.15, 0.2) is 48.0 Å². The molecule has 1 saturated heterocycles. The molecule has 144 valence electrons. The van der Waals surface area contributed by atoms with Crippen molar-refractivity contribution in [1.29, 1.82) is 0 Å². The SMILES string of the molecule is COC(=O)C1/C(=C(\O)c2ccc(C)cc2)C(=O)C(=O)N1c1ccc(C)cc1C. The van der Waals surface area contributed by atoms with E-state index in [4.69, 9.17) is 4.74 Å². The molecule has 1 fully saturated rings. The van der Waals surface area contributed by atoms with E-state index in [0.29, 0.717) is 11.3 Å². The van der Waals surface area contributed by atoms with Crippen molar-refractivity contribution in [3.05, 3.63) is 70.3 Å². The van der Waals surface area contributed by atoms with Gasteiger partial charge in [0.05, 0.1) is 12.7 Å². The first-order valence-corrected chi connectivity index (χ1v) is 8.79. The van der Waals surface area contributed by atoms with Crippen LogP contribution in [0.2, 0.25) is 0 Å². The standard InChI is InChI=1S/C22H21NO5/c1-12-5-8-15(9-6-12)19(24)17-18(22(27)28-4)23(21(26)20(17)25)16-10-7-13(2)11-14(16)3/h5-11,18,24H,1-4H3/b19-17+. The number of benzene rings is 2. The normalized spacial score (nSPS) is 18.4. The lowest BCUT2D eigenvalue weighted by atomic mass is 10.00. The number of ether oxygens (including phenoxy) is 1. The zero-order valence-electron chi connectivity index (χ0n) is 16.1. The Hall–Kier alpha value is -3.41. The molecule has 1 heterocycles. The van der Waals surface area contributed by atoms with E-state index in [-0.39, 0.29) is 5.57 Å². The Labute approximate surface area is 163 Å². The van der Waals surface area contributed by atoms with Crippen LogP contribution in [0.5, 0.6) is 0 Å². The zero-order chi connectivity index (χ0) is 20.6. The topological polar surface area (TPSA) is 83.9 Å². The van der Waals surface area contributed by atoms with Gasteiger partial charge in [0, 0.05) is 11.3 Å². The molecule has 0 aromatic heterocycles. The number of carbonyl (C=O) groups is 3. The number of aliphatic hydroxyl groups excluding tert-OH is 1. The van der Waals surface area contributed by atoms with Crippen LogP contribution in [0, 0.1) is 20.8 Å². The Kier molecular flexibility index (Phi) is 5.05. The van der Waals surface area contributed by atoms with E-state index in [0.717, 1.165) is 21.6 Å². The van der Waals surface area contributed by atoms with Crippen molar-refractivity contribution in [2.45, 2.75) is 26.8 Å². The predicted molar refractivity (Wildman–Crippen MR) is 105 cm³/mol. The van der Waals surface area contributed by atoms with Gasteiger partial charge in [-0.1, -0.05) is 47.5 Å². The average molecular weight is 379 g/mol. The number of hydrogen-bond acceptors (Lipinski definition) is 5. The Morgan fingerprint density at radius 2 is 1.61 bits per heavy atom. The summed E-state index contributed by atoms with van der Waals surface area (Å²) in [7, 11) is 1.18. The van der Waals surface area contributed by atoms with Gasteiger partial charge in [0.25, 0.3) is 11.7 Å².